The van der Waals surface area contributed by atoms with Crippen molar-refractivity contribution in [2.24, 2.45) is 5.92 Å². The van der Waals surface area contributed by atoms with Gasteiger partial charge in [-0.1, -0.05) is 31.9 Å². The lowest BCUT2D eigenvalue weighted by molar-refractivity contribution is 0.319. The van der Waals surface area contributed by atoms with E-state index in [-0.39, 0.29) is 0 Å². The molecule has 0 atom stereocenters. The minimum atomic E-state index is 0.649. The van der Waals surface area contributed by atoms with Crippen LogP contribution in [-0.4, -0.2) is 16.0 Å². The van der Waals surface area contributed by atoms with Crippen molar-refractivity contribution in [3.8, 4) is 11.3 Å². The van der Waals surface area contributed by atoms with Gasteiger partial charge in [-0.15, -0.1) is 0 Å². The Morgan fingerprint density at radius 3 is 2.52 bits per heavy atom. The van der Waals surface area contributed by atoms with Crippen LogP contribution in [0.25, 0.3) is 11.3 Å². The number of benzene rings is 1. The first-order valence-electron chi connectivity index (χ1n) is 8.20. The molecule has 0 spiro atoms. The summed E-state index contributed by atoms with van der Waals surface area (Å²) < 4.78 is 0. The molecule has 0 amide bonds. The molecule has 1 aromatic heterocycles. The Kier molecular flexibility index (Phi) is 4.59. The maximum atomic E-state index is 4.07. The predicted molar refractivity (Wildman–Crippen MR) is 88.3 cm³/mol. The molecule has 21 heavy (non-hydrogen) atoms. The zero-order chi connectivity index (χ0) is 14.5. The van der Waals surface area contributed by atoms with Crippen molar-refractivity contribution in [3.63, 3.8) is 0 Å². The lowest BCUT2D eigenvalue weighted by Crippen LogP contribution is -2.26. The lowest BCUT2D eigenvalue weighted by Gasteiger charge is -2.29. The van der Waals surface area contributed by atoms with Crippen molar-refractivity contribution >= 4 is 5.69 Å². The average Bonchev–Trinajstić information content (AvgIpc) is 3.05. The van der Waals surface area contributed by atoms with Gasteiger partial charge in [0.15, 0.2) is 0 Å². The van der Waals surface area contributed by atoms with Crippen LogP contribution in [0.15, 0.2) is 36.8 Å². The summed E-state index contributed by atoms with van der Waals surface area (Å²) in [7, 11) is 0. The van der Waals surface area contributed by atoms with Crippen molar-refractivity contribution in [2.45, 2.75) is 51.5 Å². The Morgan fingerprint density at radius 1 is 1.14 bits per heavy atom. The van der Waals surface area contributed by atoms with Gasteiger partial charge in [0.1, 0.15) is 0 Å². The summed E-state index contributed by atoms with van der Waals surface area (Å²) in [5, 5.41) is 3.69. The molecule has 1 aromatic carbocycles. The van der Waals surface area contributed by atoms with Gasteiger partial charge in [0.25, 0.3) is 0 Å². The molecule has 0 aliphatic heterocycles. The molecule has 0 bridgehead atoms. The quantitative estimate of drug-likeness (QED) is 0.823. The fourth-order valence-corrected chi connectivity index (χ4v) is 3.40. The normalized spacial score (nSPS) is 22.1. The molecular weight excluding hydrogens is 258 g/mol. The summed E-state index contributed by atoms with van der Waals surface area (Å²) in [5.41, 5.74) is 3.49. The third kappa shape index (κ3) is 3.66. The van der Waals surface area contributed by atoms with Crippen LogP contribution in [-0.2, 0) is 0 Å². The lowest BCUT2D eigenvalue weighted by atomic mass is 9.83. The molecule has 1 saturated carbocycles. The van der Waals surface area contributed by atoms with Crippen molar-refractivity contribution in [1.82, 2.24) is 9.97 Å². The molecule has 2 aromatic rings. The standard InChI is InChI=1S/C18H25N3/c1-2-3-14-4-8-16(9-5-14)21-17-10-6-15(7-11-17)18-12-19-13-20-18/h6-7,10-14,16,21H,2-5,8-9H2,1H3,(H,19,20). The second kappa shape index (κ2) is 6.79. The number of hydrogen-bond donors (Lipinski definition) is 2. The first-order valence-corrected chi connectivity index (χ1v) is 8.20. The number of H-pyrrole nitrogens is 1. The highest BCUT2D eigenvalue weighted by Gasteiger charge is 2.20. The van der Waals surface area contributed by atoms with Gasteiger partial charge in [0, 0.05) is 11.7 Å². The van der Waals surface area contributed by atoms with Crippen LogP contribution in [0.4, 0.5) is 5.69 Å². The summed E-state index contributed by atoms with van der Waals surface area (Å²) in [6, 6.07) is 9.30. The zero-order valence-electron chi connectivity index (χ0n) is 12.8. The van der Waals surface area contributed by atoms with E-state index in [1.165, 1.54) is 49.8 Å². The van der Waals surface area contributed by atoms with Gasteiger partial charge in [0.2, 0.25) is 0 Å². The molecular formula is C18H25N3. The van der Waals surface area contributed by atoms with E-state index in [1.54, 1.807) is 6.33 Å². The van der Waals surface area contributed by atoms with Gasteiger partial charge in [0.05, 0.1) is 18.2 Å². The molecule has 1 heterocycles. The largest absolute Gasteiger partial charge is 0.382 e. The average molecular weight is 283 g/mol. The summed E-state index contributed by atoms with van der Waals surface area (Å²) in [6.07, 6.45) is 11.7. The number of anilines is 1. The minimum Gasteiger partial charge on any atom is -0.382 e. The second-order valence-corrected chi connectivity index (χ2v) is 6.19. The number of aromatic nitrogens is 2. The van der Waals surface area contributed by atoms with E-state index < -0.39 is 0 Å². The predicted octanol–water partition coefficient (Wildman–Crippen LogP) is 4.85. The van der Waals surface area contributed by atoms with Crippen LogP contribution in [0.3, 0.4) is 0 Å². The monoisotopic (exact) mass is 283 g/mol. The molecule has 3 rings (SSSR count). The number of nitrogens with zero attached hydrogens (tertiary/aromatic N) is 1. The van der Waals surface area contributed by atoms with Gasteiger partial charge in [-0.3, -0.25) is 0 Å². The summed E-state index contributed by atoms with van der Waals surface area (Å²) in [6.45, 7) is 2.30. The van der Waals surface area contributed by atoms with E-state index in [2.05, 4.69) is 46.5 Å². The van der Waals surface area contributed by atoms with Gasteiger partial charge in [-0.2, -0.15) is 0 Å². The smallest absolute Gasteiger partial charge is 0.0924 e. The molecule has 1 aliphatic rings. The van der Waals surface area contributed by atoms with Gasteiger partial charge < -0.3 is 10.3 Å². The minimum absolute atomic E-state index is 0.649. The van der Waals surface area contributed by atoms with Crippen molar-refractivity contribution in [2.75, 3.05) is 5.32 Å². The molecule has 3 heteroatoms. The van der Waals surface area contributed by atoms with E-state index >= 15 is 0 Å². The third-order valence-corrected chi connectivity index (χ3v) is 4.61. The Morgan fingerprint density at radius 2 is 1.90 bits per heavy atom. The van der Waals surface area contributed by atoms with Crippen LogP contribution in [0.5, 0.6) is 0 Å². The fourth-order valence-electron chi connectivity index (χ4n) is 3.40. The molecule has 1 aliphatic carbocycles. The Hall–Kier alpha value is -1.77. The van der Waals surface area contributed by atoms with Crippen LogP contribution >= 0.6 is 0 Å². The van der Waals surface area contributed by atoms with Crippen LogP contribution in [0.2, 0.25) is 0 Å². The van der Waals surface area contributed by atoms with Gasteiger partial charge in [-0.25, -0.2) is 4.98 Å². The number of aromatic amines is 1. The van der Waals surface area contributed by atoms with Gasteiger partial charge in [-0.05, 0) is 49.3 Å². The van der Waals surface area contributed by atoms with Crippen LogP contribution in [0.1, 0.15) is 45.4 Å². The van der Waals surface area contributed by atoms with Crippen molar-refractivity contribution in [1.29, 1.82) is 0 Å². The highest BCUT2D eigenvalue weighted by atomic mass is 14.9. The van der Waals surface area contributed by atoms with E-state index in [9.17, 15) is 0 Å². The Labute approximate surface area is 127 Å². The molecule has 0 radical (unpaired) electrons. The molecule has 0 saturated heterocycles. The van der Waals surface area contributed by atoms with E-state index in [1.807, 2.05) is 6.20 Å². The maximum absolute atomic E-state index is 4.07. The molecule has 112 valence electrons. The van der Waals surface area contributed by atoms with Crippen LogP contribution in [0, 0.1) is 5.92 Å². The summed E-state index contributed by atoms with van der Waals surface area (Å²) in [4.78, 5) is 7.21. The van der Waals surface area contributed by atoms with E-state index in [0.717, 1.165) is 11.6 Å². The number of imidazole rings is 1. The fraction of sp³-hybridized carbons (Fsp3) is 0.500. The number of rotatable bonds is 5. The SMILES string of the molecule is CCCC1CCC(Nc2ccc(-c3cnc[nH]3)cc2)CC1. The molecule has 3 nitrogen and oxygen atoms in total. The third-order valence-electron chi connectivity index (χ3n) is 4.61. The van der Waals surface area contributed by atoms with Crippen molar-refractivity contribution < 1.29 is 0 Å². The van der Waals surface area contributed by atoms with E-state index in [0.29, 0.717) is 6.04 Å². The Bertz CT molecular complexity index is 522. The molecule has 2 N–H and O–H groups in total. The molecule has 1 fully saturated rings. The second-order valence-electron chi connectivity index (χ2n) is 6.19. The Balaban J connectivity index is 1.54. The highest BCUT2D eigenvalue weighted by molar-refractivity contribution is 5.62. The van der Waals surface area contributed by atoms with Gasteiger partial charge >= 0.3 is 0 Å². The molecule has 0 unspecified atom stereocenters. The topological polar surface area (TPSA) is 40.7 Å². The number of hydrogen-bond acceptors (Lipinski definition) is 2. The first kappa shape index (κ1) is 14.2. The van der Waals surface area contributed by atoms with Crippen LogP contribution < -0.4 is 5.32 Å². The zero-order valence-corrected chi connectivity index (χ0v) is 12.8. The van der Waals surface area contributed by atoms with E-state index in [4.69, 9.17) is 0 Å². The van der Waals surface area contributed by atoms with Crippen molar-refractivity contribution in [3.05, 3.63) is 36.8 Å². The summed E-state index contributed by atoms with van der Waals surface area (Å²) >= 11 is 0. The maximum Gasteiger partial charge on any atom is 0.0924 e. The highest BCUT2D eigenvalue weighted by Crippen LogP contribution is 2.29. The summed E-state index contributed by atoms with van der Waals surface area (Å²) in [5.74, 6) is 0.968. The first-order chi connectivity index (χ1) is 10.3. The number of nitrogens with one attached hydrogen (secondary N) is 2.